The van der Waals surface area contributed by atoms with Crippen LogP contribution in [0.1, 0.15) is 35.1 Å². The lowest BCUT2D eigenvalue weighted by atomic mass is 10.4. The standard InChI is InChI=1S/C8H9ClN2O2/c1-13-8(12)5-6(9)11-7(10-5)4-2-3-4/h4H,2-3H2,1H3,(H,10,11). The van der Waals surface area contributed by atoms with Gasteiger partial charge in [0.15, 0.2) is 5.69 Å². The number of aromatic nitrogens is 2. The second kappa shape index (κ2) is 3.03. The Balaban J connectivity index is 2.29. The number of halogens is 1. The quantitative estimate of drug-likeness (QED) is 0.740. The summed E-state index contributed by atoms with van der Waals surface area (Å²) in [5, 5.41) is 0.272. The minimum Gasteiger partial charge on any atom is -0.464 e. The molecule has 1 N–H and O–H groups in total. The summed E-state index contributed by atoms with van der Waals surface area (Å²) in [6.45, 7) is 0. The molecular formula is C8H9ClN2O2. The number of imidazole rings is 1. The van der Waals surface area contributed by atoms with Crippen LogP contribution in [-0.4, -0.2) is 23.0 Å². The van der Waals surface area contributed by atoms with Gasteiger partial charge in [-0.2, -0.15) is 0 Å². The Morgan fingerprint density at radius 1 is 1.69 bits per heavy atom. The summed E-state index contributed by atoms with van der Waals surface area (Å²) in [6.07, 6.45) is 2.23. The Labute approximate surface area is 80.3 Å². The van der Waals surface area contributed by atoms with Crippen molar-refractivity contribution in [1.82, 2.24) is 9.97 Å². The van der Waals surface area contributed by atoms with Crippen LogP contribution in [0, 0.1) is 0 Å². The molecule has 0 saturated heterocycles. The first-order valence-corrected chi connectivity index (χ1v) is 4.44. The number of hydrogen-bond acceptors (Lipinski definition) is 3. The molecule has 1 saturated carbocycles. The third kappa shape index (κ3) is 1.54. The predicted octanol–water partition coefficient (Wildman–Crippen LogP) is 1.73. The van der Waals surface area contributed by atoms with Crippen molar-refractivity contribution < 1.29 is 9.53 Å². The van der Waals surface area contributed by atoms with Gasteiger partial charge in [0.2, 0.25) is 0 Å². The fourth-order valence-corrected chi connectivity index (χ4v) is 1.37. The monoisotopic (exact) mass is 200 g/mol. The van der Waals surface area contributed by atoms with E-state index >= 15 is 0 Å². The fourth-order valence-electron chi connectivity index (χ4n) is 1.15. The highest BCUT2D eigenvalue weighted by atomic mass is 35.5. The van der Waals surface area contributed by atoms with E-state index in [1.807, 2.05) is 0 Å². The molecule has 1 aliphatic rings. The van der Waals surface area contributed by atoms with Crippen LogP contribution in [0.15, 0.2) is 0 Å². The highest BCUT2D eigenvalue weighted by Gasteiger charge is 2.29. The van der Waals surface area contributed by atoms with Crippen molar-refractivity contribution in [3.05, 3.63) is 16.7 Å². The maximum Gasteiger partial charge on any atom is 0.359 e. The Kier molecular flexibility index (Phi) is 2.00. The average molecular weight is 201 g/mol. The zero-order valence-electron chi connectivity index (χ0n) is 7.13. The molecule has 0 aliphatic heterocycles. The van der Waals surface area contributed by atoms with Crippen molar-refractivity contribution in [2.45, 2.75) is 18.8 Å². The van der Waals surface area contributed by atoms with Gasteiger partial charge >= 0.3 is 5.97 Å². The molecule has 0 atom stereocenters. The van der Waals surface area contributed by atoms with Crippen LogP contribution >= 0.6 is 11.6 Å². The number of esters is 1. The molecule has 0 amide bonds. The molecule has 1 fully saturated rings. The fraction of sp³-hybridized carbons (Fsp3) is 0.500. The van der Waals surface area contributed by atoms with E-state index in [0.717, 1.165) is 18.7 Å². The Bertz CT molecular complexity index is 344. The number of carbonyl (C=O) groups excluding carboxylic acids is 1. The van der Waals surface area contributed by atoms with Gasteiger partial charge in [-0.1, -0.05) is 11.6 Å². The molecule has 0 spiro atoms. The first-order valence-electron chi connectivity index (χ1n) is 4.06. The zero-order valence-corrected chi connectivity index (χ0v) is 7.89. The van der Waals surface area contributed by atoms with Crippen LogP contribution < -0.4 is 0 Å². The van der Waals surface area contributed by atoms with E-state index in [2.05, 4.69) is 14.7 Å². The Hall–Kier alpha value is -1.03. The summed E-state index contributed by atoms with van der Waals surface area (Å²) in [4.78, 5) is 18.1. The van der Waals surface area contributed by atoms with E-state index < -0.39 is 5.97 Å². The molecule has 0 radical (unpaired) electrons. The normalized spacial score (nSPS) is 15.8. The number of rotatable bonds is 2. The van der Waals surface area contributed by atoms with Crippen LogP contribution in [0.2, 0.25) is 5.15 Å². The minimum atomic E-state index is -0.492. The highest BCUT2D eigenvalue weighted by molar-refractivity contribution is 6.32. The van der Waals surface area contributed by atoms with Gasteiger partial charge in [-0.3, -0.25) is 0 Å². The van der Waals surface area contributed by atoms with Crippen molar-refractivity contribution in [1.29, 1.82) is 0 Å². The van der Waals surface area contributed by atoms with E-state index in [1.54, 1.807) is 0 Å². The second-order valence-corrected chi connectivity index (χ2v) is 3.43. The number of ether oxygens (including phenoxy) is 1. The van der Waals surface area contributed by atoms with E-state index in [9.17, 15) is 4.79 Å². The molecule has 2 rings (SSSR count). The van der Waals surface area contributed by atoms with Gasteiger partial charge in [-0.15, -0.1) is 0 Å². The van der Waals surface area contributed by atoms with Crippen LogP contribution in [0.5, 0.6) is 0 Å². The maximum absolute atomic E-state index is 11.1. The smallest absolute Gasteiger partial charge is 0.359 e. The molecule has 5 heteroatoms. The molecule has 0 unspecified atom stereocenters. The third-order valence-electron chi connectivity index (χ3n) is 2.02. The molecule has 0 aromatic carbocycles. The van der Waals surface area contributed by atoms with E-state index in [4.69, 9.17) is 11.6 Å². The van der Waals surface area contributed by atoms with Crippen LogP contribution in [0.3, 0.4) is 0 Å². The van der Waals surface area contributed by atoms with E-state index in [0.29, 0.717) is 5.92 Å². The number of nitrogens with zero attached hydrogens (tertiary/aromatic N) is 1. The lowest BCUT2D eigenvalue weighted by Gasteiger charge is -1.92. The Morgan fingerprint density at radius 3 is 2.92 bits per heavy atom. The van der Waals surface area contributed by atoms with Crippen molar-refractivity contribution in [2.75, 3.05) is 7.11 Å². The number of H-pyrrole nitrogens is 1. The van der Waals surface area contributed by atoms with Crippen molar-refractivity contribution >= 4 is 17.6 Å². The van der Waals surface area contributed by atoms with Gasteiger partial charge in [0, 0.05) is 5.92 Å². The van der Waals surface area contributed by atoms with Gasteiger partial charge in [0.05, 0.1) is 7.11 Å². The van der Waals surface area contributed by atoms with Gasteiger partial charge in [0.1, 0.15) is 11.0 Å². The van der Waals surface area contributed by atoms with Crippen molar-refractivity contribution in [3.63, 3.8) is 0 Å². The lowest BCUT2D eigenvalue weighted by Crippen LogP contribution is -2.02. The minimum absolute atomic E-state index is 0.186. The van der Waals surface area contributed by atoms with Crippen molar-refractivity contribution in [3.8, 4) is 0 Å². The predicted molar refractivity (Wildman–Crippen MR) is 46.9 cm³/mol. The number of carbonyl (C=O) groups is 1. The Morgan fingerprint density at radius 2 is 2.38 bits per heavy atom. The van der Waals surface area contributed by atoms with Crippen LogP contribution in [0.25, 0.3) is 0 Å². The van der Waals surface area contributed by atoms with E-state index in [1.165, 1.54) is 7.11 Å². The summed E-state index contributed by atoms with van der Waals surface area (Å²) >= 11 is 5.77. The molecule has 1 aromatic heterocycles. The van der Waals surface area contributed by atoms with Gasteiger partial charge in [0.25, 0.3) is 0 Å². The third-order valence-corrected chi connectivity index (χ3v) is 2.29. The van der Waals surface area contributed by atoms with Crippen LogP contribution in [-0.2, 0) is 4.74 Å². The summed E-state index contributed by atoms with van der Waals surface area (Å²) in [6, 6.07) is 0. The SMILES string of the molecule is COC(=O)c1nc(C2CC2)[nH]c1Cl. The number of methoxy groups -OCH3 is 1. The number of aromatic amines is 1. The molecule has 1 aliphatic carbocycles. The molecule has 1 heterocycles. The summed E-state index contributed by atoms with van der Waals surface area (Å²) in [7, 11) is 1.31. The molecule has 70 valence electrons. The molecule has 1 aromatic rings. The average Bonchev–Trinajstić information content (AvgIpc) is 2.89. The summed E-state index contributed by atoms with van der Waals surface area (Å²) in [5.74, 6) is 0.759. The number of nitrogens with one attached hydrogen (secondary N) is 1. The maximum atomic E-state index is 11.1. The second-order valence-electron chi connectivity index (χ2n) is 3.05. The van der Waals surface area contributed by atoms with Gasteiger partial charge in [-0.25, -0.2) is 9.78 Å². The zero-order chi connectivity index (χ0) is 9.42. The highest BCUT2D eigenvalue weighted by Crippen LogP contribution is 2.39. The van der Waals surface area contributed by atoms with Gasteiger partial charge < -0.3 is 9.72 Å². The summed E-state index contributed by atoms with van der Waals surface area (Å²) < 4.78 is 4.52. The molecular weight excluding hydrogens is 192 g/mol. The van der Waals surface area contributed by atoms with E-state index in [-0.39, 0.29) is 10.8 Å². The topological polar surface area (TPSA) is 55.0 Å². The largest absolute Gasteiger partial charge is 0.464 e. The lowest BCUT2D eigenvalue weighted by molar-refractivity contribution is 0.0595. The van der Waals surface area contributed by atoms with Crippen LogP contribution in [0.4, 0.5) is 0 Å². The molecule has 13 heavy (non-hydrogen) atoms. The van der Waals surface area contributed by atoms with Gasteiger partial charge in [-0.05, 0) is 12.8 Å². The molecule has 0 bridgehead atoms. The number of hydrogen-bond donors (Lipinski definition) is 1. The van der Waals surface area contributed by atoms with Crippen molar-refractivity contribution in [2.24, 2.45) is 0 Å². The first-order chi connectivity index (χ1) is 6.22. The molecule has 4 nitrogen and oxygen atoms in total. The summed E-state index contributed by atoms with van der Waals surface area (Å²) in [5.41, 5.74) is 0.186. The first kappa shape index (κ1) is 8.56.